The van der Waals surface area contributed by atoms with Crippen LogP contribution in [0.1, 0.15) is 36.6 Å². The maximum Gasteiger partial charge on any atom is 0.166 e. The molecule has 4 nitrogen and oxygen atoms in total. The second-order valence-electron chi connectivity index (χ2n) is 5.43. The van der Waals surface area contributed by atoms with Crippen LogP contribution >= 0.6 is 0 Å². The molecular formula is C17H23N3O. The maximum absolute atomic E-state index is 5.70. The fourth-order valence-corrected chi connectivity index (χ4v) is 2.10. The summed E-state index contributed by atoms with van der Waals surface area (Å²) in [4.78, 5) is 9.10. The highest BCUT2D eigenvalue weighted by Gasteiger charge is 2.09. The molecule has 0 fully saturated rings. The first kappa shape index (κ1) is 15.4. The predicted molar refractivity (Wildman–Crippen MR) is 84.3 cm³/mol. The summed E-state index contributed by atoms with van der Waals surface area (Å²) >= 11 is 0. The van der Waals surface area contributed by atoms with Gasteiger partial charge >= 0.3 is 0 Å². The zero-order valence-corrected chi connectivity index (χ0v) is 13.2. The Morgan fingerprint density at radius 1 is 1.05 bits per heavy atom. The van der Waals surface area contributed by atoms with Crippen LogP contribution < -0.4 is 10.1 Å². The first-order chi connectivity index (χ1) is 10.1. The van der Waals surface area contributed by atoms with E-state index in [4.69, 9.17) is 4.74 Å². The maximum atomic E-state index is 5.70. The summed E-state index contributed by atoms with van der Waals surface area (Å²) in [6.45, 7) is 9.51. The summed E-state index contributed by atoms with van der Waals surface area (Å²) in [6, 6.07) is 10.2. The molecule has 1 N–H and O–H groups in total. The van der Waals surface area contributed by atoms with Gasteiger partial charge in [0.2, 0.25) is 0 Å². The van der Waals surface area contributed by atoms with Crippen LogP contribution in [0.4, 0.5) is 0 Å². The lowest BCUT2D eigenvalue weighted by Gasteiger charge is -2.14. The first-order valence-electron chi connectivity index (χ1n) is 7.30. The largest absolute Gasteiger partial charge is 0.486 e. The fraction of sp³-hybridized carbons (Fsp3) is 0.412. The molecule has 4 heteroatoms. The SMILES string of the molecule is Cc1nc(COc2ccccc2)nc(C)c1CNC(C)C. The summed E-state index contributed by atoms with van der Waals surface area (Å²) in [5, 5.41) is 3.41. The van der Waals surface area contributed by atoms with Gasteiger partial charge in [0.15, 0.2) is 5.82 Å². The Kier molecular flexibility index (Phi) is 5.28. The summed E-state index contributed by atoms with van der Waals surface area (Å²) < 4.78 is 5.70. The van der Waals surface area contributed by atoms with Crippen molar-refractivity contribution in [3.05, 3.63) is 53.1 Å². The normalized spacial score (nSPS) is 10.9. The van der Waals surface area contributed by atoms with Crippen molar-refractivity contribution >= 4 is 0 Å². The average Bonchev–Trinajstić information content (AvgIpc) is 2.45. The van der Waals surface area contributed by atoms with Crippen LogP contribution in [0.2, 0.25) is 0 Å². The third-order valence-corrected chi connectivity index (χ3v) is 3.27. The molecule has 2 rings (SSSR count). The van der Waals surface area contributed by atoms with Crippen molar-refractivity contribution in [2.24, 2.45) is 0 Å². The quantitative estimate of drug-likeness (QED) is 0.885. The smallest absolute Gasteiger partial charge is 0.166 e. The van der Waals surface area contributed by atoms with E-state index < -0.39 is 0 Å². The fourth-order valence-electron chi connectivity index (χ4n) is 2.10. The number of aryl methyl sites for hydroxylation is 2. The van der Waals surface area contributed by atoms with E-state index in [0.717, 1.165) is 29.5 Å². The molecule has 0 aliphatic carbocycles. The number of rotatable bonds is 6. The molecule has 1 heterocycles. The van der Waals surface area contributed by atoms with E-state index in [0.29, 0.717) is 12.6 Å². The van der Waals surface area contributed by atoms with Crippen molar-refractivity contribution in [1.29, 1.82) is 0 Å². The van der Waals surface area contributed by atoms with E-state index in [9.17, 15) is 0 Å². The molecule has 0 aliphatic heterocycles. The summed E-state index contributed by atoms with van der Waals surface area (Å²) in [6.07, 6.45) is 0. The van der Waals surface area contributed by atoms with E-state index in [1.807, 2.05) is 44.2 Å². The van der Waals surface area contributed by atoms with Crippen molar-refractivity contribution in [2.45, 2.75) is 46.9 Å². The Balaban J connectivity index is 2.05. The van der Waals surface area contributed by atoms with Crippen LogP contribution in [0.25, 0.3) is 0 Å². The summed E-state index contributed by atoms with van der Waals surface area (Å²) in [5.74, 6) is 1.56. The van der Waals surface area contributed by atoms with E-state index in [1.54, 1.807) is 0 Å². The molecule has 0 bridgehead atoms. The highest BCUT2D eigenvalue weighted by atomic mass is 16.5. The Labute approximate surface area is 126 Å². The molecule has 2 aromatic rings. The third kappa shape index (κ3) is 4.53. The number of aromatic nitrogens is 2. The number of nitrogens with zero attached hydrogens (tertiary/aromatic N) is 2. The van der Waals surface area contributed by atoms with Crippen molar-refractivity contribution in [3.63, 3.8) is 0 Å². The zero-order valence-electron chi connectivity index (χ0n) is 13.2. The van der Waals surface area contributed by atoms with Crippen LogP contribution in [-0.4, -0.2) is 16.0 Å². The topological polar surface area (TPSA) is 47.0 Å². The van der Waals surface area contributed by atoms with Gasteiger partial charge in [0.1, 0.15) is 12.4 Å². The molecule has 0 saturated carbocycles. The Morgan fingerprint density at radius 3 is 2.24 bits per heavy atom. The minimum absolute atomic E-state index is 0.392. The van der Waals surface area contributed by atoms with E-state index in [2.05, 4.69) is 29.1 Å². The lowest BCUT2D eigenvalue weighted by Crippen LogP contribution is -2.23. The predicted octanol–water partition coefficient (Wildman–Crippen LogP) is 3.17. The van der Waals surface area contributed by atoms with Gasteiger partial charge in [-0.05, 0) is 26.0 Å². The highest BCUT2D eigenvalue weighted by Crippen LogP contribution is 2.13. The van der Waals surface area contributed by atoms with Crippen molar-refractivity contribution < 1.29 is 4.74 Å². The molecule has 0 atom stereocenters. The van der Waals surface area contributed by atoms with Gasteiger partial charge in [0, 0.05) is 29.5 Å². The van der Waals surface area contributed by atoms with Gasteiger partial charge in [-0.3, -0.25) is 0 Å². The number of hydrogen-bond acceptors (Lipinski definition) is 4. The van der Waals surface area contributed by atoms with E-state index in [1.165, 1.54) is 5.56 Å². The molecule has 112 valence electrons. The van der Waals surface area contributed by atoms with Gasteiger partial charge in [0.05, 0.1) is 0 Å². The molecule has 0 aliphatic rings. The Bertz CT molecular complexity index is 559. The minimum Gasteiger partial charge on any atom is -0.486 e. The second-order valence-corrected chi connectivity index (χ2v) is 5.43. The molecule has 0 saturated heterocycles. The van der Waals surface area contributed by atoms with Crippen LogP contribution in [0, 0.1) is 13.8 Å². The molecule has 1 aromatic heterocycles. The second kappa shape index (κ2) is 7.18. The average molecular weight is 285 g/mol. The lowest BCUT2D eigenvalue weighted by atomic mass is 10.1. The minimum atomic E-state index is 0.392. The molecule has 0 amide bonds. The number of para-hydroxylation sites is 1. The van der Waals surface area contributed by atoms with Crippen LogP contribution in [0.3, 0.4) is 0 Å². The van der Waals surface area contributed by atoms with Gasteiger partial charge in [-0.1, -0.05) is 32.0 Å². The van der Waals surface area contributed by atoms with Crippen LogP contribution in [-0.2, 0) is 13.2 Å². The Morgan fingerprint density at radius 2 is 1.67 bits per heavy atom. The van der Waals surface area contributed by atoms with Crippen molar-refractivity contribution in [2.75, 3.05) is 0 Å². The lowest BCUT2D eigenvalue weighted by molar-refractivity contribution is 0.295. The number of hydrogen-bond donors (Lipinski definition) is 1. The van der Waals surface area contributed by atoms with E-state index >= 15 is 0 Å². The van der Waals surface area contributed by atoms with Crippen molar-refractivity contribution in [3.8, 4) is 5.75 Å². The molecule has 0 spiro atoms. The van der Waals surface area contributed by atoms with Crippen LogP contribution in [0.15, 0.2) is 30.3 Å². The Hall–Kier alpha value is -1.94. The van der Waals surface area contributed by atoms with E-state index in [-0.39, 0.29) is 0 Å². The number of nitrogens with one attached hydrogen (secondary N) is 1. The molecular weight excluding hydrogens is 262 g/mol. The number of ether oxygens (including phenoxy) is 1. The summed E-state index contributed by atoms with van der Waals surface area (Å²) in [7, 11) is 0. The van der Waals surface area contributed by atoms with Gasteiger partial charge in [-0.25, -0.2) is 9.97 Å². The van der Waals surface area contributed by atoms with Gasteiger partial charge in [0.25, 0.3) is 0 Å². The third-order valence-electron chi connectivity index (χ3n) is 3.27. The highest BCUT2D eigenvalue weighted by molar-refractivity contribution is 5.25. The van der Waals surface area contributed by atoms with Gasteiger partial charge < -0.3 is 10.1 Å². The molecule has 21 heavy (non-hydrogen) atoms. The number of benzene rings is 1. The first-order valence-corrected chi connectivity index (χ1v) is 7.30. The standard InChI is InChI=1S/C17H23N3O/c1-12(2)18-10-16-13(3)19-17(20-14(16)4)11-21-15-8-6-5-7-9-15/h5-9,12,18H,10-11H2,1-4H3. The molecule has 1 aromatic carbocycles. The van der Waals surface area contributed by atoms with Crippen molar-refractivity contribution in [1.82, 2.24) is 15.3 Å². The van der Waals surface area contributed by atoms with Gasteiger partial charge in [-0.2, -0.15) is 0 Å². The monoisotopic (exact) mass is 285 g/mol. The molecule has 0 unspecified atom stereocenters. The van der Waals surface area contributed by atoms with Crippen LogP contribution in [0.5, 0.6) is 5.75 Å². The zero-order chi connectivity index (χ0) is 15.2. The molecule has 0 radical (unpaired) electrons. The van der Waals surface area contributed by atoms with Gasteiger partial charge in [-0.15, -0.1) is 0 Å². The summed E-state index contributed by atoms with van der Waals surface area (Å²) in [5.41, 5.74) is 3.21.